The molecule has 4 rings (SSSR count). The van der Waals surface area contributed by atoms with E-state index < -0.39 is 5.41 Å². The molecule has 2 aromatic rings. The molecule has 1 aromatic carbocycles. The minimum atomic E-state index is -0.554. The van der Waals surface area contributed by atoms with Crippen molar-refractivity contribution in [1.82, 2.24) is 15.6 Å². The van der Waals surface area contributed by atoms with E-state index in [4.69, 9.17) is 4.74 Å². The van der Waals surface area contributed by atoms with Gasteiger partial charge in [0.25, 0.3) is 5.91 Å². The fourth-order valence-corrected chi connectivity index (χ4v) is 5.13. The highest BCUT2D eigenvalue weighted by molar-refractivity contribution is 6.08. The molecule has 150 valence electrons. The van der Waals surface area contributed by atoms with E-state index in [0.717, 1.165) is 36.0 Å². The first-order chi connectivity index (χ1) is 13.2. The molecule has 6 nitrogen and oxygen atoms in total. The average molecular weight is 383 g/mol. The van der Waals surface area contributed by atoms with Crippen LogP contribution >= 0.6 is 0 Å². The molecule has 6 heteroatoms. The van der Waals surface area contributed by atoms with Crippen LogP contribution in [-0.4, -0.2) is 49.5 Å². The van der Waals surface area contributed by atoms with Crippen LogP contribution in [-0.2, 0) is 10.2 Å². The maximum absolute atomic E-state index is 13.2. The highest BCUT2D eigenvalue weighted by atomic mass is 16.5. The molecule has 2 atom stereocenters. The number of hydrogen-bond donors (Lipinski definition) is 3. The van der Waals surface area contributed by atoms with E-state index in [1.807, 2.05) is 25.1 Å². The number of methoxy groups -OCH3 is 1. The van der Waals surface area contributed by atoms with Gasteiger partial charge in [-0.3, -0.25) is 9.59 Å². The number of benzene rings is 1. The molecule has 28 heavy (non-hydrogen) atoms. The quantitative estimate of drug-likeness (QED) is 0.758. The second-order valence-corrected chi connectivity index (χ2v) is 9.18. The molecule has 2 unspecified atom stereocenters. The minimum absolute atomic E-state index is 0.0605. The zero-order valence-corrected chi connectivity index (χ0v) is 17.1. The first kappa shape index (κ1) is 19.2. The fraction of sp³-hybridized carbons (Fsp3) is 0.545. The fourth-order valence-electron chi connectivity index (χ4n) is 5.13. The summed E-state index contributed by atoms with van der Waals surface area (Å²) < 4.78 is 5.36. The topological polar surface area (TPSA) is 83.2 Å². The second kappa shape index (κ2) is 6.71. The molecule has 1 aromatic heterocycles. The van der Waals surface area contributed by atoms with Crippen molar-refractivity contribution in [1.29, 1.82) is 0 Å². The van der Waals surface area contributed by atoms with E-state index in [9.17, 15) is 9.59 Å². The summed E-state index contributed by atoms with van der Waals surface area (Å²) in [5, 5.41) is 7.32. The SMILES string of the molecule is COCC1(C)CC(C)(C)c2c([nH]c3ccc(C(=O)NC4CCNC4)cc23)C1=O. The Labute approximate surface area is 165 Å². The summed E-state index contributed by atoms with van der Waals surface area (Å²) in [6.07, 6.45) is 1.66. The zero-order valence-electron chi connectivity index (χ0n) is 17.1. The molecular formula is C22H29N3O3. The molecule has 1 amide bonds. The van der Waals surface area contributed by atoms with E-state index in [2.05, 4.69) is 29.5 Å². The van der Waals surface area contributed by atoms with Crippen molar-refractivity contribution >= 4 is 22.6 Å². The number of nitrogens with one attached hydrogen (secondary N) is 3. The monoisotopic (exact) mass is 383 g/mol. The Morgan fingerprint density at radius 1 is 1.32 bits per heavy atom. The van der Waals surface area contributed by atoms with E-state index >= 15 is 0 Å². The van der Waals surface area contributed by atoms with Gasteiger partial charge >= 0.3 is 0 Å². The Bertz CT molecular complexity index is 940. The molecule has 1 aliphatic heterocycles. The number of aromatic nitrogens is 1. The molecule has 2 aliphatic rings. The molecule has 1 aliphatic carbocycles. The van der Waals surface area contributed by atoms with Crippen LogP contribution in [0.1, 0.15) is 60.0 Å². The van der Waals surface area contributed by atoms with Gasteiger partial charge in [-0.25, -0.2) is 0 Å². The van der Waals surface area contributed by atoms with Crippen LogP contribution in [0.4, 0.5) is 0 Å². The van der Waals surface area contributed by atoms with E-state index in [-0.39, 0.29) is 23.1 Å². The smallest absolute Gasteiger partial charge is 0.251 e. The van der Waals surface area contributed by atoms with Crippen LogP contribution in [0.2, 0.25) is 0 Å². The van der Waals surface area contributed by atoms with E-state index in [1.165, 1.54) is 0 Å². The molecule has 3 N–H and O–H groups in total. The van der Waals surface area contributed by atoms with Crippen LogP contribution in [0.25, 0.3) is 10.9 Å². The van der Waals surface area contributed by atoms with Gasteiger partial charge in [-0.1, -0.05) is 13.8 Å². The van der Waals surface area contributed by atoms with Crippen molar-refractivity contribution in [2.75, 3.05) is 26.8 Å². The van der Waals surface area contributed by atoms with Crippen molar-refractivity contribution in [3.8, 4) is 0 Å². The number of carbonyl (C=O) groups excluding carboxylic acids is 2. The Balaban J connectivity index is 1.75. The lowest BCUT2D eigenvalue weighted by atomic mass is 9.62. The minimum Gasteiger partial charge on any atom is -0.384 e. The molecule has 2 heterocycles. The zero-order chi connectivity index (χ0) is 20.1. The number of H-pyrrole nitrogens is 1. The van der Waals surface area contributed by atoms with Crippen molar-refractivity contribution in [3.63, 3.8) is 0 Å². The van der Waals surface area contributed by atoms with Crippen LogP contribution in [0, 0.1) is 5.41 Å². The number of amides is 1. The predicted octanol–water partition coefficient (Wildman–Crippen LogP) is 2.78. The van der Waals surface area contributed by atoms with E-state index in [1.54, 1.807) is 7.11 Å². The number of ether oxygens (including phenoxy) is 1. The van der Waals surface area contributed by atoms with E-state index in [0.29, 0.717) is 24.3 Å². The van der Waals surface area contributed by atoms with Crippen LogP contribution < -0.4 is 10.6 Å². The Morgan fingerprint density at radius 3 is 2.79 bits per heavy atom. The molecule has 1 fully saturated rings. The van der Waals surface area contributed by atoms with Crippen molar-refractivity contribution in [2.45, 2.75) is 45.1 Å². The molecule has 0 saturated carbocycles. The van der Waals surface area contributed by atoms with Crippen molar-refractivity contribution in [2.24, 2.45) is 5.41 Å². The summed E-state index contributed by atoms with van der Waals surface area (Å²) in [6.45, 7) is 8.45. The highest BCUT2D eigenvalue weighted by Crippen LogP contribution is 2.48. The Hall–Kier alpha value is -2.18. The highest BCUT2D eigenvalue weighted by Gasteiger charge is 2.48. The Morgan fingerprint density at radius 2 is 2.11 bits per heavy atom. The summed E-state index contributed by atoms with van der Waals surface area (Å²) in [6, 6.07) is 5.84. The lowest BCUT2D eigenvalue weighted by Gasteiger charge is -2.41. The first-order valence-corrected chi connectivity index (χ1v) is 9.97. The maximum Gasteiger partial charge on any atom is 0.251 e. The number of fused-ring (bicyclic) bond motifs is 3. The first-order valence-electron chi connectivity index (χ1n) is 9.97. The molecular weight excluding hydrogens is 354 g/mol. The third kappa shape index (κ3) is 3.05. The predicted molar refractivity (Wildman–Crippen MR) is 109 cm³/mol. The lowest BCUT2D eigenvalue weighted by Crippen LogP contribution is -2.44. The van der Waals surface area contributed by atoms with Crippen molar-refractivity contribution in [3.05, 3.63) is 35.0 Å². The molecule has 1 saturated heterocycles. The largest absolute Gasteiger partial charge is 0.384 e. The number of rotatable bonds is 4. The maximum atomic E-state index is 13.2. The van der Waals surface area contributed by atoms with Gasteiger partial charge in [-0.15, -0.1) is 0 Å². The van der Waals surface area contributed by atoms with Gasteiger partial charge in [0.15, 0.2) is 5.78 Å². The van der Waals surface area contributed by atoms with Gasteiger partial charge in [0.05, 0.1) is 17.7 Å². The van der Waals surface area contributed by atoms with Gasteiger partial charge in [0.1, 0.15) is 0 Å². The van der Waals surface area contributed by atoms with Crippen molar-refractivity contribution < 1.29 is 14.3 Å². The molecule has 0 radical (unpaired) electrons. The van der Waals surface area contributed by atoms with Gasteiger partial charge < -0.3 is 20.4 Å². The van der Waals surface area contributed by atoms with Gasteiger partial charge in [0, 0.05) is 36.2 Å². The second-order valence-electron chi connectivity index (χ2n) is 9.18. The summed E-state index contributed by atoms with van der Waals surface area (Å²) >= 11 is 0. The third-order valence-corrected chi connectivity index (χ3v) is 6.20. The van der Waals surface area contributed by atoms with Crippen LogP contribution in [0.5, 0.6) is 0 Å². The molecule has 0 spiro atoms. The summed E-state index contributed by atoms with van der Waals surface area (Å²) in [4.78, 5) is 29.3. The summed E-state index contributed by atoms with van der Waals surface area (Å²) in [5.74, 6) is 0.0256. The van der Waals surface area contributed by atoms with Gasteiger partial charge in [-0.05, 0) is 55.5 Å². The van der Waals surface area contributed by atoms with Gasteiger partial charge in [0.2, 0.25) is 0 Å². The van der Waals surface area contributed by atoms with Gasteiger partial charge in [-0.2, -0.15) is 0 Å². The lowest BCUT2D eigenvalue weighted by molar-refractivity contribution is 0.0439. The summed E-state index contributed by atoms with van der Waals surface area (Å²) in [7, 11) is 1.64. The van der Waals surface area contributed by atoms with Crippen LogP contribution in [0.3, 0.4) is 0 Å². The van der Waals surface area contributed by atoms with Crippen LogP contribution in [0.15, 0.2) is 18.2 Å². The average Bonchev–Trinajstić information content (AvgIpc) is 3.26. The number of ketones is 1. The number of Topliss-reactive ketones (excluding diaryl/α,β-unsaturated/α-hetero) is 1. The number of hydrogen-bond acceptors (Lipinski definition) is 4. The Kier molecular flexibility index (Phi) is 4.59. The standard InChI is InChI=1S/C22H29N3O3/c1-21(2)11-22(3,12-28-4)19(26)18-17(21)15-9-13(5-6-16(15)25-18)20(27)24-14-7-8-23-10-14/h5-6,9,14,23,25H,7-8,10-12H2,1-4H3,(H,24,27). The third-order valence-electron chi connectivity index (χ3n) is 6.20. The normalized spacial score (nSPS) is 26.4. The number of aromatic amines is 1. The molecule has 0 bridgehead atoms. The summed E-state index contributed by atoms with van der Waals surface area (Å²) in [5.41, 5.74) is 2.43. The number of carbonyl (C=O) groups is 2.